The molecule has 0 atom stereocenters. The van der Waals surface area contributed by atoms with Crippen LogP contribution >= 0.6 is 0 Å². The van der Waals surface area contributed by atoms with Crippen LogP contribution in [-0.4, -0.2) is 20.4 Å². The van der Waals surface area contributed by atoms with Gasteiger partial charge >= 0.3 is 0 Å². The van der Waals surface area contributed by atoms with E-state index in [0.717, 1.165) is 17.1 Å². The van der Waals surface area contributed by atoms with Crippen molar-refractivity contribution in [1.29, 1.82) is 0 Å². The number of nitro benzene ring substituents is 1. The van der Waals surface area contributed by atoms with Gasteiger partial charge in [-0.05, 0) is 37.6 Å². The number of hydrogen-bond donors (Lipinski definition) is 1. The molecule has 26 heavy (non-hydrogen) atoms. The van der Waals surface area contributed by atoms with Gasteiger partial charge in [-0.1, -0.05) is 18.2 Å². The minimum Gasteiger partial charge on any atom is -0.348 e. The van der Waals surface area contributed by atoms with E-state index in [9.17, 15) is 14.9 Å². The molecule has 0 saturated heterocycles. The fourth-order valence-corrected chi connectivity index (χ4v) is 2.81. The van der Waals surface area contributed by atoms with Gasteiger partial charge in [0.25, 0.3) is 11.6 Å². The Hall–Kier alpha value is -3.48. The summed E-state index contributed by atoms with van der Waals surface area (Å²) in [6, 6.07) is 12.1. The lowest BCUT2D eigenvalue weighted by molar-refractivity contribution is -0.385. The molecule has 0 aliphatic carbocycles. The molecule has 0 aliphatic rings. The van der Waals surface area contributed by atoms with Crippen molar-refractivity contribution in [3.05, 3.63) is 87.5 Å². The Kier molecular flexibility index (Phi) is 4.79. The van der Waals surface area contributed by atoms with Gasteiger partial charge in [-0.3, -0.25) is 14.9 Å². The van der Waals surface area contributed by atoms with E-state index < -0.39 is 4.92 Å². The summed E-state index contributed by atoms with van der Waals surface area (Å²) < 4.78 is 1.96. The predicted molar refractivity (Wildman–Crippen MR) is 97.3 cm³/mol. The Labute approximate surface area is 150 Å². The zero-order valence-corrected chi connectivity index (χ0v) is 14.5. The molecule has 0 bridgehead atoms. The first-order valence-electron chi connectivity index (χ1n) is 8.09. The van der Waals surface area contributed by atoms with Gasteiger partial charge < -0.3 is 9.88 Å². The molecule has 0 fully saturated rings. The van der Waals surface area contributed by atoms with Crippen molar-refractivity contribution in [2.24, 2.45) is 0 Å². The topological polar surface area (TPSA) is 90.1 Å². The highest BCUT2D eigenvalue weighted by Gasteiger charge is 2.14. The molecule has 0 aliphatic heterocycles. The van der Waals surface area contributed by atoms with Crippen LogP contribution in [0.3, 0.4) is 0 Å². The van der Waals surface area contributed by atoms with Crippen LogP contribution in [0.1, 0.15) is 27.3 Å². The van der Waals surface area contributed by atoms with Crippen LogP contribution in [0, 0.1) is 24.0 Å². The van der Waals surface area contributed by atoms with Crippen LogP contribution in [0.2, 0.25) is 0 Å². The zero-order valence-electron chi connectivity index (χ0n) is 14.5. The SMILES string of the molecule is Cc1cc(C(=O)NCc2ccccc2-n2ccnc2C)ccc1[N+](=O)[O-]. The van der Waals surface area contributed by atoms with Gasteiger partial charge in [-0.25, -0.2) is 4.98 Å². The lowest BCUT2D eigenvalue weighted by Crippen LogP contribution is -2.23. The Bertz CT molecular complexity index is 978. The molecule has 1 aromatic heterocycles. The highest BCUT2D eigenvalue weighted by molar-refractivity contribution is 5.94. The van der Waals surface area contributed by atoms with Crippen molar-refractivity contribution < 1.29 is 9.72 Å². The lowest BCUT2D eigenvalue weighted by atomic mass is 10.1. The number of para-hydroxylation sites is 1. The van der Waals surface area contributed by atoms with Crippen LogP contribution in [-0.2, 0) is 6.54 Å². The van der Waals surface area contributed by atoms with Crippen LogP contribution in [0.4, 0.5) is 5.69 Å². The third-order valence-corrected chi connectivity index (χ3v) is 4.17. The molecule has 7 heteroatoms. The monoisotopic (exact) mass is 350 g/mol. The fourth-order valence-electron chi connectivity index (χ4n) is 2.81. The molecule has 1 heterocycles. The van der Waals surface area contributed by atoms with Gasteiger partial charge in [0, 0.05) is 36.1 Å². The first-order valence-corrected chi connectivity index (χ1v) is 8.09. The number of nitro groups is 1. The number of rotatable bonds is 5. The summed E-state index contributed by atoms with van der Waals surface area (Å²) in [6.45, 7) is 3.86. The summed E-state index contributed by atoms with van der Waals surface area (Å²) in [4.78, 5) is 27.1. The summed E-state index contributed by atoms with van der Waals surface area (Å²) in [5.74, 6) is 0.579. The van der Waals surface area contributed by atoms with Gasteiger partial charge in [-0.15, -0.1) is 0 Å². The highest BCUT2D eigenvalue weighted by Crippen LogP contribution is 2.19. The Morgan fingerprint density at radius 3 is 2.65 bits per heavy atom. The molecule has 3 rings (SSSR count). The fraction of sp³-hybridized carbons (Fsp3) is 0.158. The van der Waals surface area contributed by atoms with Crippen molar-refractivity contribution in [2.45, 2.75) is 20.4 Å². The maximum atomic E-state index is 12.4. The quantitative estimate of drug-likeness (QED) is 0.564. The van der Waals surface area contributed by atoms with E-state index >= 15 is 0 Å². The van der Waals surface area contributed by atoms with Crippen molar-refractivity contribution in [3.63, 3.8) is 0 Å². The van der Waals surface area contributed by atoms with E-state index in [1.54, 1.807) is 13.1 Å². The first-order chi connectivity index (χ1) is 12.5. The summed E-state index contributed by atoms with van der Waals surface area (Å²) in [6.07, 6.45) is 3.60. The summed E-state index contributed by atoms with van der Waals surface area (Å²) in [5.41, 5.74) is 2.74. The molecule has 3 aromatic rings. The van der Waals surface area contributed by atoms with E-state index in [1.807, 2.05) is 42.0 Å². The number of imidazole rings is 1. The number of benzene rings is 2. The van der Waals surface area contributed by atoms with Gasteiger partial charge in [0.1, 0.15) is 5.82 Å². The number of nitrogens with zero attached hydrogens (tertiary/aromatic N) is 3. The Morgan fingerprint density at radius 1 is 1.23 bits per heavy atom. The van der Waals surface area contributed by atoms with E-state index in [0.29, 0.717) is 17.7 Å². The zero-order chi connectivity index (χ0) is 18.7. The normalized spacial score (nSPS) is 10.5. The molecule has 2 aromatic carbocycles. The molecule has 1 amide bonds. The predicted octanol–water partition coefficient (Wildman–Crippen LogP) is 3.33. The first kappa shape index (κ1) is 17.3. The Balaban J connectivity index is 1.78. The number of carbonyl (C=O) groups is 1. The summed E-state index contributed by atoms with van der Waals surface area (Å²) >= 11 is 0. The average molecular weight is 350 g/mol. The smallest absolute Gasteiger partial charge is 0.272 e. The number of aromatic nitrogens is 2. The number of hydrogen-bond acceptors (Lipinski definition) is 4. The third-order valence-electron chi connectivity index (χ3n) is 4.17. The van der Waals surface area contributed by atoms with Crippen LogP contribution in [0.5, 0.6) is 0 Å². The number of nitrogens with one attached hydrogen (secondary N) is 1. The summed E-state index contributed by atoms with van der Waals surface area (Å²) in [7, 11) is 0. The molecule has 0 spiro atoms. The second-order valence-corrected chi connectivity index (χ2v) is 5.91. The van der Waals surface area contributed by atoms with Crippen molar-refractivity contribution in [3.8, 4) is 5.69 Å². The molecular weight excluding hydrogens is 332 g/mol. The van der Waals surface area contributed by atoms with Crippen molar-refractivity contribution in [1.82, 2.24) is 14.9 Å². The van der Waals surface area contributed by atoms with Gasteiger partial charge in [0.2, 0.25) is 0 Å². The molecule has 1 N–H and O–H groups in total. The third kappa shape index (κ3) is 3.46. The number of amides is 1. The number of carbonyl (C=O) groups excluding carboxylic acids is 1. The highest BCUT2D eigenvalue weighted by atomic mass is 16.6. The van der Waals surface area contributed by atoms with Gasteiger partial charge in [0.05, 0.1) is 10.6 Å². The summed E-state index contributed by atoms with van der Waals surface area (Å²) in [5, 5.41) is 13.8. The minimum atomic E-state index is -0.458. The number of aryl methyl sites for hydroxylation is 2. The van der Waals surface area contributed by atoms with Gasteiger partial charge in [0.15, 0.2) is 0 Å². The largest absolute Gasteiger partial charge is 0.348 e. The standard InChI is InChI=1S/C19H18N4O3/c1-13-11-15(7-8-17(13)23(25)26)19(24)21-12-16-5-3-4-6-18(16)22-10-9-20-14(22)2/h3-11H,12H2,1-2H3,(H,21,24). The maximum Gasteiger partial charge on any atom is 0.272 e. The van der Waals surface area contributed by atoms with Crippen LogP contribution in [0.25, 0.3) is 5.69 Å². The molecule has 7 nitrogen and oxygen atoms in total. The Morgan fingerprint density at radius 2 is 2.00 bits per heavy atom. The molecule has 132 valence electrons. The molecule has 0 radical (unpaired) electrons. The second kappa shape index (κ2) is 7.18. The lowest BCUT2D eigenvalue weighted by Gasteiger charge is -2.13. The minimum absolute atomic E-state index is 0.00230. The van der Waals surface area contributed by atoms with E-state index in [4.69, 9.17) is 0 Å². The van der Waals surface area contributed by atoms with Crippen molar-refractivity contribution >= 4 is 11.6 Å². The van der Waals surface area contributed by atoms with Crippen LogP contribution in [0.15, 0.2) is 54.9 Å². The van der Waals surface area contributed by atoms with Crippen molar-refractivity contribution in [2.75, 3.05) is 0 Å². The molecular formula is C19H18N4O3. The maximum absolute atomic E-state index is 12.4. The molecule has 0 unspecified atom stereocenters. The van der Waals surface area contributed by atoms with E-state index in [2.05, 4.69) is 10.3 Å². The van der Waals surface area contributed by atoms with Gasteiger partial charge in [-0.2, -0.15) is 0 Å². The van der Waals surface area contributed by atoms with E-state index in [1.165, 1.54) is 18.2 Å². The average Bonchev–Trinajstić information content (AvgIpc) is 3.05. The second-order valence-electron chi connectivity index (χ2n) is 5.91. The van der Waals surface area contributed by atoms with Crippen LogP contribution < -0.4 is 5.32 Å². The molecule has 0 saturated carbocycles. The van der Waals surface area contributed by atoms with E-state index in [-0.39, 0.29) is 11.6 Å².